The first-order valence-electron chi connectivity index (χ1n) is 6.02. The van der Waals surface area contributed by atoms with Crippen LogP contribution in [0.1, 0.15) is 12.0 Å². The molecule has 0 bridgehead atoms. The van der Waals surface area contributed by atoms with Gasteiger partial charge in [0.25, 0.3) is 0 Å². The average molecular weight is 250 g/mol. The van der Waals surface area contributed by atoms with E-state index in [1.807, 2.05) is 18.2 Å². The van der Waals surface area contributed by atoms with Gasteiger partial charge in [-0.25, -0.2) is 0 Å². The van der Waals surface area contributed by atoms with Crippen molar-refractivity contribution >= 4 is 11.6 Å². The summed E-state index contributed by atoms with van der Waals surface area (Å²) in [6.45, 7) is 0.970. The van der Waals surface area contributed by atoms with E-state index >= 15 is 0 Å². The van der Waals surface area contributed by atoms with Gasteiger partial charge in [0.05, 0.1) is 13.2 Å². The highest BCUT2D eigenvalue weighted by atomic mass is 16.5. The summed E-state index contributed by atoms with van der Waals surface area (Å²) in [7, 11) is 1.52. The van der Waals surface area contributed by atoms with Crippen LogP contribution in [0.4, 0.5) is 5.69 Å². The molecule has 5 nitrogen and oxygen atoms in total. The van der Waals surface area contributed by atoms with E-state index in [0.717, 1.165) is 36.4 Å². The first kappa shape index (κ1) is 12.9. The Kier molecular flexibility index (Phi) is 4.17. The van der Waals surface area contributed by atoms with Crippen LogP contribution >= 0.6 is 0 Å². The number of fused-ring (bicyclic) bond motifs is 1. The molecule has 0 aromatic heterocycles. The van der Waals surface area contributed by atoms with Gasteiger partial charge in [-0.15, -0.1) is 0 Å². The highest BCUT2D eigenvalue weighted by molar-refractivity contribution is 5.94. The van der Waals surface area contributed by atoms with Crippen LogP contribution in [0, 0.1) is 0 Å². The largest absolute Gasteiger partial charge is 0.493 e. The minimum Gasteiger partial charge on any atom is -0.493 e. The van der Waals surface area contributed by atoms with Crippen LogP contribution in [-0.4, -0.2) is 32.3 Å². The molecule has 0 radical (unpaired) electrons. The Bertz CT molecular complexity index is 434. The number of ether oxygens (including phenoxy) is 2. The van der Waals surface area contributed by atoms with Crippen molar-refractivity contribution in [2.24, 2.45) is 5.73 Å². The Balaban J connectivity index is 2.03. The van der Waals surface area contributed by atoms with E-state index in [2.05, 4.69) is 5.32 Å². The second kappa shape index (κ2) is 5.84. The van der Waals surface area contributed by atoms with E-state index in [9.17, 15) is 4.79 Å². The summed E-state index contributed by atoms with van der Waals surface area (Å²) in [5.41, 5.74) is 7.52. The number of carbonyl (C=O) groups excluding carboxylic acids is 1. The van der Waals surface area contributed by atoms with E-state index in [1.54, 1.807) is 0 Å². The molecule has 2 rings (SSSR count). The maximum absolute atomic E-state index is 11.7. The van der Waals surface area contributed by atoms with E-state index in [-0.39, 0.29) is 12.5 Å². The van der Waals surface area contributed by atoms with Gasteiger partial charge in [0.15, 0.2) is 0 Å². The summed E-state index contributed by atoms with van der Waals surface area (Å²) >= 11 is 0. The molecule has 1 aromatic rings. The van der Waals surface area contributed by atoms with Crippen LogP contribution in [0.25, 0.3) is 0 Å². The third-order valence-electron chi connectivity index (χ3n) is 2.86. The van der Waals surface area contributed by atoms with Gasteiger partial charge in [0, 0.05) is 12.8 Å². The number of hydrogen-bond acceptors (Lipinski definition) is 4. The fourth-order valence-electron chi connectivity index (χ4n) is 1.93. The second-order valence-electron chi connectivity index (χ2n) is 4.33. The molecule has 3 N–H and O–H groups in total. The third-order valence-corrected chi connectivity index (χ3v) is 2.86. The molecule has 98 valence electrons. The van der Waals surface area contributed by atoms with Gasteiger partial charge in [-0.1, -0.05) is 0 Å². The number of aryl methyl sites for hydroxylation is 1. The quantitative estimate of drug-likeness (QED) is 0.833. The maximum atomic E-state index is 11.7. The Morgan fingerprint density at radius 2 is 2.44 bits per heavy atom. The Labute approximate surface area is 106 Å². The lowest BCUT2D eigenvalue weighted by Gasteiger charge is -2.18. The second-order valence-corrected chi connectivity index (χ2v) is 4.33. The number of nitrogens with one attached hydrogen (secondary N) is 1. The topological polar surface area (TPSA) is 73.6 Å². The summed E-state index contributed by atoms with van der Waals surface area (Å²) in [5, 5.41) is 2.78. The lowest BCUT2D eigenvalue weighted by atomic mass is 10.1. The molecule has 0 saturated heterocycles. The average Bonchev–Trinajstić information content (AvgIpc) is 2.39. The molecular formula is C13H18N2O3. The lowest BCUT2D eigenvalue weighted by Crippen LogP contribution is -2.39. The smallest absolute Gasteiger partial charge is 0.243 e. The molecule has 1 heterocycles. The van der Waals surface area contributed by atoms with Crippen molar-refractivity contribution in [1.29, 1.82) is 0 Å². The Hall–Kier alpha value is -1.59. The van der Waals surface area contributed by atoms with E-state index in [1.165, 1.54) is 7.11 Å². The van der Waals surface area contributed by atoms with Crippen LogP contribution in [0.15, 0.2) is 18.2 Å². The van der Waals surface area contributed by atoms with Crippen molar-refractivity contribution < 1.29 is 14.3 Å². The SMILES string of the molecule is COCC(N)C(=O)Nc1ccc2c(c1)CCCO2. The molecule has 0 saturated carbocycles. The number of hydrogen-bond donors (Lipinski definition) is 2. The molecule has 0 spiro atoms. The highest BCUT2D eigenvalue weighted by Gasteiger charge is 2.15. The van der Waals surface area contributed by atoms with E-state index < -0.39 is 6.04 Å². The molecule has 1 atom stereocenters. The molecule has 0 fully saturated rings. The number of methoxy groups -OCH3 is 1. The fourth-order valence-corrected chi connectivity index (χ4v) is 1.93. The minimum absolute atomic E-state index is 0.208. The standard InChI is InChI=1S/C13H18N2O3/c1-17-8-11(14)13(16)15-10-4-5-12-9(7-10)3-2-6-18-12/h4-5,7,11H,2-3,6,8,14H2,1H3,(H,15,16). The molecule has 1 amide bonds. The number of benzene rings is 1. The molecule has 1 aromatic carbocycles. The number of anilines is 1. The van der Waals surface area contributed by atoms with E-state index in [4.69, 9.17) is 15.2 Å². The van der Waals surface area contributed by atoms with Gasteiger partial charge in [0.1, 0.15) is 11.8 Å². The van der Waals surface area contributed by atoms with Gasteiger partial charge in [0.2, 0.25) is 5.91 Å². The van der Waals surface area contributed by atoms with Crippen LogP contribution in [0.2, 0.25) is 0 Å². The molecule has 1 unspecified atom stereocenters. The van der Waals surface area contributed by atoms with Crippen LogP contribution in [0.5, 0.6) is 5.75 Å². The first-order valence-corrected chi connectivity index (χ1v) is 6.02. The van der Waals surface area contributed by atoms with Crippen molar-refractivity contribution in [2.45, 2.75) is 18.9 Å². The molecule has 5 heteroatoms. The van der Waals surface area contributed by atoms with Crippen molar-refractivity contribution in [3.8, 4) is 5.75 Å². The van der Waals surface area contributed by atoms with Crippen molar-refractivity contribution in [2.75, 3.05) is 25.6 Å². The van der Waals surface area contributed by atoms with Gasteiger partial charge >= 0.3 is 0 Å². The molecule has 18 heavy (non-hydrogen) atoms. The van der Waals surface area contributed by atoms with Gasteiger partial charge < -0.3 is 20.5 Å². The van der Waals surface area contributed by atoms with Crippen molar-refractivity contribution in [3.63, 3.8) is 0 Å². The number of carbonyl (C=O) groups is 1. The van der Waals surface area contributed by atoms with Gasteiger partial charge in [-0.05, 0) is 36.6 Å². The number of nitrogens with two attached hydrogens (primary N) is 1. The zero-order valence-electron chi connectivity index (χ0n) is 10.4. The van der Waals surface area contributed by atoms with Gasteiger partial charge in [-0.2, -0.15) is 0 Å². The predicted molar refractivity (Wildman–Crippen MR) is 68.7 cm³/mol. The van der Waals surface area contributed by atoms with Crippen molar-refractivity contribution in [3.05, 3.63) is 23.8 Å². The minimum atomic E-state index is -0.651. The molecular weight excluding hydrogens is 232 g/mol. The normalized spacial score (nSPS) is 15.4. The highest BCUT2D eigenvalue weighted by Crippen LogP contribution is 2.27. The van der Waals surface area contributed by atoms with Crippen LogP contribution < -0.4 is 15.8 Å². The van der Waals surface area contributed by atoms with E-state index in [0.29, 0.717) is 0 Å². The van der Waals surface area contributed by atoms with Crippen LogP contribution in [-0.2, 0) is 16.0 Å². The van der Waals surface area contributed by atoms with Crippen molar-refractivity contribution in [1.82, 2.24) is 0 Å². The predicted octanol–water partition coefficient (Wildman–Crippen LogP) is 0.924. The fraction of sp³-hybridized carbons (Fsp3) is 0.462. The summed E-state index contributed by atoms with van der Waals surface area (Å²) in [4.78, 5) is 11.7. The summed E-state index contributed by atoms with van der Waals surface area (Å²) in [5.74, 6) is 0.661. The summed E-state index contributed by atoms with van der Waals surface area (Å²) < 4.78 is 10.4. The Morgan fingerprint density at radius 3 is 3.22 bits per heavy atom. The zero-order chi connectivity index (χ0) is 13.0. The lowest BCUT2D eigenvalue weighted by molar-refractivity contribution is -0.118. The zero-order valence-corrected chi connectivity index (χ0v) is 10.4. The van der Waals surface area contributed by atoms with Crippen LogP contribution in [0.3, 0.4) is 0 Å². The Morgan fingerprint density at radius 1 is 1.61 bits per heavy atom. The molecule has 0 aliphatic carbocycles. The summed E-state index contributed by atoms with van der Waals surface area (Å²) in [6, 6.07) is 4.99. The third kappa shape index (κ3) is 3.00. The maximum Gasteiger partial charge on any atom is 0.243 e. The molecule has 1 aliphatic rings. The number of amides is 1. The molecule has 1 aliphatic heterocycles. The summed E-state index contributed by atoms with van der Waals surface area (Å²) in [6.07, 6.45) is 1.98. The monoisotopic (exact) mass is 250 g/mol. The number of rotatable bonds is 4. The van der Waals surface area contributed by atoms with Gasteiger partial charge in [-0.3, -0.25) is 4.79 Å². The first-order chi connectivity index (χ1) is 8.70.